The van der Waals surface area contributed by atoms with Crippen LogP contribution in [0.25, 0.3) is 0 Å². The van der Waals surface area contributed by atoms with Crippen molar-refractivity contribution in [2.24, 2.45) is 0 Å². The maximum absolute atomic E-state index is 12.8. The van der Waals surface area contributed by atoms with Crippen molar-refractivity contribution in [2.75, 3.05) is 31.9 Å². The van der Waals surface area contributed by atoms with Gasteiger partial charge in [0.15, 0.2) is 5.78 Å². The first kappa shape index (κ1) is 58.7. The molecule has 1 heterocycles. The fourth-order valence-electron chi connectivity index (χ4n) is 3.59. The Hall–Kier alpha value is -5.96. The summed E-state index contributed by atoms with van der Waals surface area (Å²) in [4.78, 5) is 45.4. The van der Waals surface area contributed by atoms with Gasteiger partial charge in [-0.25, -0.2) is 9.18 Å². The van der Waals surface area contributed by atoms with E-state index in [2.05, 4.69) is 65.0 Å². The molecule has 0 bridgehead atoms. The molecule has 0 aliphatic carbocycles. The van der Waals surface area contributed by atoms with Crippen LogP contribution < -0.4 is 16.0 Å². The summed E-state index contributed by atoms with van der Waals surface area (Å²) in [5, 5.41) is 7.65. The number of Topliss-reactive ketones (excluding diaryl/α,β-unsaturated/α-hetero) is 1. The third kappa shape index (κ3) is 37.0. The largest absolute Gasteiger partial charge is 0.380 e. The van der Waals surface area contributed by atoms with E-state index in [1.54, 1.807) is 47.3 Å². The minimum atomic E-state index is -0.314. The van der Waals surface area contributed by atoms with Gasteiger partial charge in [0.25, 0.3) is 0 Å². The molecule has 0 atom stereocenters. The maximum atomic E-state index is 12.8. The van der Waals surface area contributed by atoms with E-state index < -0.39 is 0 Å². The summed E-state index contributed by atoms with van der Waals surface area (Å²) in [6.07, 6.45) is 8.93. The smallest absolute Gasteiger partial charge is 0.318 e. The van der Waals surface area contributed by atoms with Gasteiger partial charge in [0.05, 0.1) is 18.9 Å². The summed E-state index contributed by atoms with van der Waals surface area (Å²) < 4.78 is 22.6. The summed E-state index contributed by atoms with van der Waals surface area (Å²) >= 11 is 0. The molecule has 0 aliphatic rings. The molecule has 0 aliphatic heterocycles. The monoisotopic (exact) mass is 803 g/mol. The number of urea groups is 1. The third-order valence-corrected chi connectivity index (χ3v) is 6.47. The van der Waals surface area contributed by atoms with Crippen molar-refractivity contribution >= 4 is 34.9 Å². The molecule has 4 rings (SSSR count). The van der Waals surface area contributed by atoms with Gasteiger partial charge in [0, 0.05) is 58.6 Å². The number of ketones is 2. The highest BCUT2D eigenvalue weighted by atomic mass is 19.1. The van der Waals surface area contributed by atoms with Crippen LogP contribution in [0.4, 0.5) is 20.6 Å². The minimum Gasteiger partial charge on any atom is -0.380 e. The Bertz CT molecular complexity index is 1760. The number of terminal acetylenes is 1. The summed E-state index contributed by atoms with van der Waals surface area (Å²) in [5.41, 5.74) is 6.60. The highest BCUT2D eigenvalue weighted by molar-refractivity contribution is 5.89. The molecular weight excluding hydrogens is 736 g/mol. The predicted molar refractivity (Wildman–Crippen MR) is 239 cm³/mol. The molecule has 0 unspecified atom stereocenters. The van der Waals surface area contributed by atoms with Crippen molar-refractivity contribution in [3.05, 3.63) is 138 Å². The number of pyridine rings is 1. The van der Waals surface area contributed by atoms with Gasteiger partial charge in [-0.1, -0.05) is 75.9 Å². The molecule has 58 heavy (non-hydrogen) atoms. The number of anilines is 2. The van der Waals surface area contributed by atoms with Crippen LogP contribution >= 0.6 is 0 Å². The summed E-state index contributed by atoms with van der Waals surface area (Å²) in [5.74, 6) is 2.30. The van der Waals surface area contributed by atoms with Crippen molar-refractivity contribution in [3.63, 3.8) is 0 Å². The van der Waals surface area contributed by atoms with Crippen molar-refractivity contribution in [1.29, 1.82) is 0 Å². The number of nitrogens with zero attached hydrogens (tertiary/aromatic N) is 1. The number of carbonyl (C=O) groups excluding carboxylic acids is 4. The highest BCUT2D eigenvalue weighted by Crippen LogP contribution is 2.13. The Labute approximate surface area is 348 Å². The predicted octanol–water partition coefficient (Wildman–Crippen LogP) is 10.6. The van der Waals surface area contributed by atoms with Crippen LogP contribution in [0.15, 0.2) is 104 Å². The molecule has 3 amide bonds. The topological polar surface area (TPSA) is 136 Å². The number of aromatic nitrogens is 1. The molecule has 0 spiro atoms. The maximum Gasteiger partial charge on any atom is 0.318 e. The van der Waals surface area contributed by atoms with Crippen LogP contribution in [0.2, 0.25) is 0 Å². The van der Waals surface area contributed by atoms with Crippen molar-refractivity contribution in [3.8, 4) is 12.3 Å². The van der Waals surface area contributed by atoms with E-state index in [1.807, 2.05) is 69.3 Å². The van der Waals surface area contributed by atoms with Crippen LogP contribution in [0, 0.1) is 38.9 Å². The Morgan fingerprint density at radius 2 is 1.36 bits per heavy atom. The molecule has 3 N–H and O–H groups in total. The van der Waals surface area contributed by atoms with E-state index in [0.717, 1.165) is 16.9 Å². The molecule has 10 nitrogen and oxygen atoms in total. The summed E-state index contributed by atoms with van der Waals surface area (Å²) in [6, 6.07) is 25.9. The van der Waals surface area contributed by atoms with Crippen LogP contribution in [0.3, 0.4) is 0 Å². The van der Waals surface area contributed by atoms with E-state index in [-0.39, 0.29) is 36.7 Å². The van der Waals surface area contributed by atoms with E-state index in [0.29, 0.717) is 37.3 Å². The van der Waals surface area contributed by atoms with E-state index in [4.69, 9.17) is 9.47 Å². The van der Waals surface area contributed by atoms with E-state index in [1.165, 1.54) is 43.3 Å². The number of amides is 3. The minimum absolute atomic E-state index is 0. The molecule has 0 saturated heterocycles. The Morgan fingerprint density at radius 1 is 0.810 bits per heavy atom. The van der Waals surface area contributed by atoms with Crippen LogP contribution in [0.5, 0.6) is 0 Å². The molecule has 0 radical (unpaired) electrons. The lowest BCUT2D eigenvalue weighted by molar-refractivity contribution is -0.117. The molecule has 0 saturated carbocycles. The second kappa shape index (κ2) is 39.3. The SMILES string of the molecule is C.C#CC.C=CC(=O)CC.CC(=O)Nc1cccc(C)c1.CCC(C)=O.CNC(=O)Nc1ccc(F)c(C)c1.COCc1cccc(C)c1.COCc1ccccn1. The van der Waals surface area contributed by atoms with Gasteiger partial charge in [-0.05, 0) is 99.8 Å². The number of allylic oxidation sites excluding steroid dienone is 1. The molecule has 3 aromatic carbocycles. The first-order valence-corrected chi connectivity index (χ1v) is 18.1. The number of aryl methyl sites for hydroxylation is 3. The fraction of sp³-hybridized carbons (Fsp3) is 0.340. The summed E-state index contributed by atoms with van der Waals surface area (Å²) in [6.45, 7) is 18.7. The van der Waals surface area contributed by atoms with E-state index >= 15 is 0 Å². The van der Waals surface area contributed by atoms with Gasteiger partial charge in [-0.2, -0.15) is 0 Å². The Balaban J connectivity index is -0.000000303. The zero-order chi connectivity index (χ0) is 44.0. The van der Waals surface area contributed by atoms with Gasteiger partial charge in [-0.15, -0.1) is 12.3 Å². The molecule has 0 fully saturated rings. The number of halogens is 1. The zero-order valence-electron chi connectivity index (χ0n) is 35.6. The van der Waals surface area contributed by atoms with Crippen molar-refractivity contribution < 1.29 is 33.0 Å². The number of hydrogen-bond acceptors (Lipinski definition) is 7. The standard InChI is InChI=1S/C9H11FN2O.C9H11NO.C9H12O.C7H9NO.C5H8O.C4H8O.C3H4.CH4/c1-6-5-7(3-4-8(6)10)12-9(13)11-2;1-7-4-3-5-9(6-7)10-8(2)11;1-8-4-3-5-9(6-8)7-10-2;1-9-6-7-4-2-3-5-8-7;1-3-5(6)4-2;1-3-4(2)5;1-3-2;/h3-5H,1-2H3,(H2,11,12,13);3-6H,1-2H3,(H,10,11);3-6H,7H2,1-2H3;2-5H,6H2,1H3;3H,1,4H2,2H3;3H2,1-2H3;1H,2H3;1H4. The second-order valence-corrected chi connectivity index (χ2v) is 11.8. The van der Waals surface area contributed by atoms with Gasteiger partial charge in [0.2, 0.25) is 5.91 Å². The average molecular weight is 803 g/mol. The Morgan fingerprint density at radius 3 is 1.76 bits per heavy atom. The first-order chi connectivity index (χ1) is 27.1. The lowest BCUT2D eigenvalue weighted by atomic mass is 10.1. The van der Waals surface area contributed by atoms with Crippen molar-refractivity contribution in [2.45, 2.75) is 88.9 Å². The Kier molecular flexibility index (Phi) is 39.8. The molecular formula is C47H67FN4O6. The summed E-state index contributed by atoms with van der Waals surface area (Å²) in [7, 11) is 4.89. The van der Waals surface area contributed by atoms with Crippen LogP contribution in [-0.2, 0) is 37.1 Å². The molecule has 4 aromatic rings. The second-order valence-electron chi connectivity index (χ2n) is 11.8. The quantitative estimate of drug-likeness (QED) is 0.113. The molecule has 1 aromatic heterocycles. The number of nitrogens with one attached hydrogen (secondary N) is 3. The normalized spacial score (nSPS) is 8.60. The number of hydrogen-bond donors (Lipinski definition) is 3. The van der Waals surface area contributed by atoms with Gasteiger partial charge in [0.1, 0.15) is 11.6 Å². The van der Waals surface area contributed by atoms with Crippen LogP contribution in [0.1, 0.15) is 82.8 Å². The fourth-order valence-corrected chi connectivity index (χ4v) is 3.59. The van der Waals surface area contributed by atoms with Gasteiger partial charge >= 0.3 is 6.03 Å². The number of methoxy groups -OCH3 is 2. The third-order valence-electron chi connectivity index (χ3n) is 6.47. The zero-order valence-corrected chi connectivity index (χ0v) is 35.6. The molecule has 318 valence electrons. The average Bonchev–Trinajstić information content (AvgIpc) is 3.18. The van der Waals surface area contributed by atoms with E-state index in [9.17, 15) is 23.6 Å². The number of carbonyl (C=O) groups is 4. The lowest BCUT2D eigenvalue weighted by Crippen LogP contribution is -2.24. The van der Waals surface area contributed by atoms with Crippen molar-refractivity contribution in [1.82, 2.24) is 10.3 Å². The van der Waals surface area contributed by atoms with Gasteiger partial charge in [-0.3, -0.25) is 14.6 Å². The number of ether oxygens (including phenoxy) is 2. The molecule has 11 heteroatoms. The highest BCUT2D eigenvalue weighted by Gasteiger charge is 2.01. The number of rotatable bonds is 9. The number of benzene rings is 3. The first-order valence-electron chi connectivity index (χ1n) is 18.1. The van der Waals surface area contributed by atoms with Gasteiger partial charge < -0.3 is 30.2 Å². The lowest BCUT2D eigenvalue weighted by Gasteiger charge is -2.05. The van der Waals surface area contributed by atoms with Crippen LogP contribution in [-0.4, -0.2) is 49.8 Å².